The largest absolute Gasteiger partial charge is 0.508 e. The first kappa shape index (κ1) is 28.5. The Morgan fingerprint density at radius 1 is 0.750 bits per heavy atom. The van der Waals surface area contributed by atoms with Gasteiger partial charge in [0.25, 0.3) is 0 Å². The molecule has 0 bridgehead atoms. The number of unbranched alkanes of at least 4 members (excludes halogenated alkanes) is 1. The molecule has 4 heteroatoms. The minimum absolute atomic E-state index is 0.241. The Morgan fingerprint density at radius 3 is 1.92 bits per heavy atom. The van der Waals surface area contributed by atoms with Crippen molar-refractivity contribution in [3.63, 3.8) is 0 Å². The molecule has 0 aliphatic heterocycles. The van der Waals surface area contributed by atoms with Crippen LogP contribution in [-0.4, -0.2) is 24.6 Å². The summed E-state index contributed by atoms with van der Waals surface area (Å²) in [6.07, 6.45) is 13.8. The third-order valence-corrected chi connectivity index (χ3v) is 4.94. The van der Waals surface area contributed by atoms with E-state index in [-0.39, 0.29) is 12.0 Å². The molecule has 3 rings (SSSR count). The Morgan fingerprint density at radius 2 is 1.33 bits per heavy atom. The molecule has 0 amide bonds. The molecule has 0 heterocycles. The fourth-order valence-electron chi connectivity index (χ4n) is 3.02. The quantitative estimate of drug-likeness (QED) is 0.121. The molecule has 0 aliphatic rings. The van der Waals surface area contributed by atoms with Crippen LogP contribution >= 0.6 is 0 Å². The Hall–Kier alpha value is -3.76. The smallest absolute Gasteiger partial charge is 0.196 e. The van der Waals surface area contributed by atoms with Crippen LogP contribution in [0.5, 0.6) is 11.5 Å². The predicted molar refractivity (Wildman–Crippen MR) is 151 cm³/mol. The maximum absolute atomic E-state index is 9.23. The zero-order valence-corrected chi connectivity index (χ0v) is 21.5. The topological polar surface area (TPSA) is 47.9 Å². The number of hydrogen-bond acceptors (Lipinski definition) is 4. The SMILES string of the molecule is CCCCOC=Cc1ccccc1.CCOC(C)Oc1ccc(C=CC=Cc2ccc(O)cc2)cc1. The van der Waals surface area contributed by atoms with Crippen molar-refractivity contribution in [1.82, 2.24) is 0 Å². The maximum Gasteiger partial charge on any atom is 0.196 e. The highest BCUT2D eigenvalue weighted by atomic mass is 16.7. The van der Waals surface area contributed by atoms with Crippen molar-refractivity contribution in [2.75, 3.05) is 13.2 Å². The highest BCUT2D eigenvalue weighted by Crippen LogP contribution is 2.15. The van der Waals surface area contributed by atoms with Gasteiger partial charge in [0.2, 0.25) is 0 Å². The van der Waals surface area contributed by atoms with Crippen LogP contribution in [0.4, 0.5) is 0 Å². The predicted octanol–water partition coefficient (Wildman–Crippen LogP) is 8.35. The Balaban J connectivity index is 0.000000297. The highest BCUT2D eigenvalue weighted by molar-refractivity contribution is 5.58. The first-order valence-corrected chi connectivity index (χ1v) is 12.5. The lowest BCUT2D eigenvalue weighted by Gasteiger charge is -2.14. The van der Waals surface area contributed by atoms with E-state index < -0.39 is 0 Å². The summed E-state index contributed by atoms with van der Waals surface area (Å²) < 4.78 is 16.3. The van der Waals surface area contributed by atoms with Gasteiger partial charge in [0, 0.05) is 6.61 Å². The van der Waals surface area contributed by atoms with E-state index >= 15 is 0 Å². The van der Waals surface area contributed by atoms with Crippen LogP contribution in [0.3, 0.4) is 0 Å². The van der Waals surface area contributed by atoms with Gasteiger partial charge in [-0.1, -0.05) is 92.2 Å². The standard InChI is InChI=1S/C20H22O3.C12H16O/c1-3-22-16(2)23-20-14-10-18(11-15-20)7-5-4-6-17-8-12-19(21)13-9-17;1-2-3-10-13-11-9-12-7-5-4-6-8-12/h4-16,21H,3H2,1-2H3;4-9,11H,2-3,10H2,1H3. The number of ether oxygens (including phenoxy) is 3. The van der Waals surface area contributed by atoms with Gasteiger partial charge in [-0.15, -0.1) is 0 Å². The fourth-order valence-corrected chi connectivity index (χ4v) is 3.02. The zero-order valence-electron chi connectivity index (χ0n) is 21.5. The molecular weight excluding hydrogens is 448 g/mol. The van der Waals surface area contributed by atoms with E-state index in [4.69, 9.17) is 14.2 Å². The number of rotatable bonds is 12. The summed E-state index contributed by atoms with van der Waals surface area (Å²) in [4.78, 5) is 0. The van der Waals surface area contributed by atoms with Crippen LogP contribution < -0.4 is 4.74 Å². The van der Waals surface area contributed by atoms with Gasteiger partial charge in [0.1, 0.15) is 11.5 Å². The lowest BCUT2D eigenvalue weighted by atomic mass is 10.2. The second-order valence-electron chi connectivity index (χ2n) is 7.96. The molecule has 0 spiro atoms. The van der Waals surface area contributed by atoms with Gasteiger partial charge in [-0.25, -0.2) is 0 Å². The number of benzene rings is 3. The zero-order chi connectivity index (χ0) is 25.8. The average Bonchev–Trinajstić information content (AvgIpc) is 2.90. The van der Waals surface area contributed by atoms with Crippen LogP contribution in [0.15, 0.2) is 97.3 Å². The van der Waals surface area contributed by atoms with Gasteiger partial charge in [0.15, 0.2) is 6.29 Å². The number of hydrogen-bond donors (Lipinski definition) is 1. The average molecular weight is 487 g/mol. The van der Waals surface area contributed by atoms with Gasteiger partial charge in [-0.05, 0) is 67.3 Å². The molecule has 0 aliphatic carbocycles. The molecular formula is C32H38O4. The third-order valence-electron chi connectivity index (χ3n) is 4.94. The molecule has 1 atom stereocenters. The van der Waals surface area contributed by atoms with Gasteiger partial charge in [-0.2, -0.15) is 0 Å². The van der Waals surface area contributed by atoms with Crippen LogP contribution in [0.1, 0.15) is 50.3 Å². The van der Waals surface area contributed by atoms with Crippen LogP contribution in [0.25, 0.3) is 18.2 Å². The summed E-state index contributed by atoms with van der Waals surface area (Å²) >= 11 is 0. The van der Waals surface area contributed by atoms with Crippen molar-refractivity contribution in [1.29, 1.82) is 0 Å². The van der Waals surface area contributed by atoms with E-state index in [9.17, 15) is 5.11 Å². The van der Waals surface area contributed by atoms with Crippen molar-refractivity contribution >= 4 is 18.2 Å². The number of aromatic hydroxyl groups is 1. The van der Waals surface area contributed by atoms with Gasteiger partial charge < -0.3 is 19.3 Å². The molecule has 0 aromatic heterocycles. The summed E-state index contributed by atoms with van der Waals surface area (Å²) in [7, 11) is 0. The van der Waals surface area contributed by atoms with E-state index in [0.717, 1.165) is 29.9 Å². The Bertz CT molecular complexity index is 1040. The number of phenols is 1. The lowest BCUT2D eigenvalue weighted by Crippen LogP contribution is -2.15. The monoisotopic (exact) mass is 486 g/mol. The van der Waals surface area contributed by atoms with Crippen LogP contribution in [-0.2, 0) is 9.47 Å². The van der Waals surface area contributed by atoms with E-state index in [0.29, 0.717) is 6.61 Å². The minimum atomic E-state index is -0.241. The molecule has 3 aromatic carbocycles. The van der Waals surface area contributed by atoms with E-state index in [1.165, 1.54) is 12.0 Å². The molecule has 0 saturated heterocycles. The van der Waals surface area contributed by atoms with Crippen molar-refractivity contribution in [3.8, 4) is 11.5 Å². The molecule has 1 unspecified atom stereocenters. The molecule has 0 fully saturated rings. The van der Waals surface area contributed by atoms with Crippen molar-refractivity contribution in [2.45, 2.75) is 39.9 Å². The highest BCUT2D eigenvalue weighted by Gasteiger charge is 2.01. The molecule has 190 valence electrons. The van der Waals surface area contributed by atoms with Crippen molar-refractivity contribution in [3.05, 3.63) is 114 Å². The summed E-state index contributed by atoms with van der Waals surface area (Å²) in [5.74, 6) is 1.07. The van der Waals surface area contributed by atoms with E-state index in [1.54, 1.807) is 18.4 Å². The van der Waals surface area contributed by atoms with Gasteiger partial charge in [-0.3, -0.25) is 0 Å². The second kappa shape index (κ2) is 17.6. The summed E-state index contributed by atoms with van der Waals surface area (Å²) in [5.41, 5.74) is 3.32. The summed E-state index contributed by atoms with van der Waals surface area (Å²) in [6, 6.07) is 25.1. The van der Waals surface area contributed by atoms with Crippen LogP contribution in [0.2, 0.25) is 0 Å². The molecule has 36 heavy (non-hydrogen) atoms. The summed E-state index contributed by atoms with van der Waals surface area (Å²) in [6.45, 7) is 7.43. The first-order chi connectivity index (χ1) is 17.6. The molecule has 3 aromatic rings. The number of phenolic OH excluding ortho intramolecular Hbond substituents is 1. The summed E-state index contributed by atoms with van der Waals surface area (Å²) in [5, 5.41) is 9.23. The lowest BCUT2D eigenvalue weighted by molar-refractivity contribution is -0.0613. The van der Waals surface area contributed by atoms with Crippen LogP contribution in [0, 0.1) is 0 Å². The van der Waals surface area contributed by atoms with E-state index in [2.05, 4.69) is 19.1 Å². The molecule has 4 nitrogen and oxygen atoms in total. The Labute approximate surface area is 216 Å². The molecule has 1 N–H and O–H groups in total. The normalized spacial score (nSPS) is 12.0. The van der Waals surface area contributed by atoms with Gasteiger partial charge >= 0.3 is 0 Å². The first-order valence-electron chi connectivity index (χ1n) is 12.5. The number of allylic oxidation sites excluding steroid dienone is 2. The second-order valence-corrected chi connectivity index (χ2v) is 7.96. The van der Waals surface area contributed by atoms with Crippen molar-refractivity contribution in [2.24, 2.45) is 0 Å². The van der Waals surface area contributed by atoms with Gasteiger partial charge in [0.05, 0.1) is 12.9 Å². The third kappa shape index (κ3) is 12.6. The molecule has 0 saturated carbocycles. The maximum atomic E-state index is 9.23. The fraction of sp³-hybridized carbons (Fsp3) is 0.250. The molecule has 0 radical (unpaired) electrons. The van der Waals surface area contributed by atoms with Crippen molar-refractivity contribution < 1.29 is 19.3 Å². The van der Waals surface area contributed by atoms with E-state index in [1.807, 2.05) is 98.8 Å². The minimum Gasteiger partial charge on any atom is -0.508 e. The Kier molecular flexibility index (Phi) is 14.0.